The molecule has 0 unspecified atom stereocenters. The Hall–Kier alpha value is -3.60. The van der Waals surface area contributed by atoms with Crippen molar-refractivity contribution in [2.45, 2.75) is 35.8 Å². The van der Waals surface area contributed by atoms with E-state index in [0.29, 0.717) is 0 Å². The topological polar surface area (TPSA) is 69.1 Å². The van der Waals surface area contributed by atoms with Gasteiger partial charge in [-0.1, -0.05) is 124 Å². The summed E-state index contributed by atoms with van der Waals surface area (Å²) >= 11 is 3.67. The van der Waals surface area contributed by atoms with E-state index in [9.17, 15) is 10.3 Å². The first-order chi connectivity index (χ1) is 17.2. The van der Waals surface area contributed by atoms with Gasteiger partial charge in [0.2, 0.25) is 5.91 Å². The zero-order valence-electron chi connectivity index (χ0n) is 19.1. The van der Waals surface area contributed by atoms with Gasteiger partial charge in [0.15, 0.2) is 0 Å². The third kappa shape index (κ3) is 4.68. The van der Waals surface area contributed by atoms with Crippen LogP contribution >= 0.6 is 15.9 Å². The van der Waals surface area contributed by atoms with E-state index in [1.807, 2.05) is 83.8 Å². The molecule has 0 aliphatic carbocycles. The Morgan fingerprint density at radius 3 is 1.94 bits per heavy atom. The molecule has 35 heavy (non-hydrogen) atoms. The second-order valence-corrected chi connectivity index (χ2v) is 9.82. The molecule has 0 radical (unpaired) electrons. The first-order valence-corrected chi connectivity index (χ1v) is 12.7. The number of hydrogen-bond acceptors (Lipinski definition) is 2. The quantitative estimate of drug-likeness (QED) is 0.109. The molecule has 0 saturated carbocycles. The minimum absolute atomic E-state index is 0.0442. The largest absolute Gasteiger partial charge is 0.328 e. The fraction of sp³-hybridized carbons (Fsp3) is 0.207. The lowest BCUT2D eigenvalue weighted by Gasteiger charge is -2.34. The maximum atomic E-state index is 14.2. The van der Waals surface area contributed by atoms with Gasteiger partial charge < -0.3 is 4.90 Å². The number of alkyl halides is 1. The molecule has 1 aliphatic heterocycles. The van der Waals surface area contributed by atoms with Gasteiger partial charge in [-0.05, 0) is 45.8 Å². The Morgan fingerprint density at radius 1 is 0.829 bits per heavy atom. The summed E-state index contributed by atoms with van der Waals surface area (Å²) in [5, 5.41) is 6.22. The second-order valence-electron chi connectivity index (χ2n) is 8.83. The first kappa shape index (κ1) is 23.2. The molecule has 1 heterocycles. The number of carbonyl (C=O) groups excluding carboxylic acids is 1. The lowest BCUT2D eigenvalue weighted by atomic mass is 9.98. The van der Waals surface area contributed by atoms with Crippen LogP contribution in [0.25, 0.3) is 21.2 Å². The molecular formula is C29H25BrN4O. The normalized spacial score (nSPS) is 19.2. The van der Waals surface area contributed by atoms with E-state index in [4.69, 9.17) is 0 Å². The molecule has 4 atom stereocenters. The maximum Gasteiger partial charge on any atom is 0.238 e. The number of likely N-dealkylation sites (tertiary alicyclic amines) is 1. The van der Waals surface area contributed by atoms with Crippen LogP contribution in [0.5, 0.6) is 0 Å². The third-order valence-corrected chi connectivity index (χ3v) is 7.70. The summed E-state index contributed by atoms with van der Waals surface area (Å²) in [4.78, 5) is 18.6. The number of halogens is 1. The standard InChI is InChI=1S/C29H25BrN4O/c30-27(28(32-33-31)24-16-15-20-9-7-8-14-23(20)19-24)29(35)34-25(21-10-3-1-4-11-21)17-18-26(34)22-12-5-2-6-13-22/h1-16,19,25-28H,17-18H2/t25-,26-,27+,28+/m0/s1. The van der Waals surface area contributed by atoms with Crippen LogP contribution in [-0.4, -0.2) is 15.6 Å². The fourth-order valence-corrected chi connectivity index (χ4v) is 5.79. The van der Waals surface area contributed by atoms with E-state index in [1.54, 1.807) is 0 Å². The molecule has 4 aromatic rings. The number of benzene rings is 4. The van der Waals surface area contributed by atoms with Crippen LogP contribution in [0.3, 0.4) is 0 Å². The summed E-state index contributed by atoms with van der Waals surface area (Å²) in [6.45, 7) is 0. The van der Waals surface area contributed by atoms with E-state index >= 15 is 0 Å². The zero-order chi connectivity index (χ0) is 24.2. The summed E-state index contributed by atoms with van der Waals surface area (Å²) < 4.78 is 0. The van der Waals surface area contributed by atoms with Crippen LogP contribution < -0.4 is 0 Å². The molecule has 1 saturated heterocycles. The molecule has 5 rings (SSSR count). The van der Waals surface area contributed by atoms with Crippen molar-refractivity contribution in [2.75, 3.05) is 0 Å². The number of fused-ring (bicyclic) bond motifs is 1. The molecule has 5 nitrogen and oxygen atoms in total. The van der Waals surface area contributed by atoms with Crippen molar-refractivity contribution in [1.82, 2.24) is 4.90 Å². The Morgan fingerprint density at radius 2 is 1.37 bits per heavy atom. The average molecular weight is 525 g/mol. The van der Waals surface area contributed by atoms with Gasteiger partial charge in [-0.25, -0.2) is 0 Å². The Bertz CT molecular complexity index is 1320. The van der Waals surface area contributed by atoms with Crippen LogP contribution in [0, 0.1) is 0 Å². The molecule has 0 spiro atoms. The Balaban J connectivity index is 1.53. The molecule has 6 heteroatoms. The number of azide groups is 1. The molecule has 0 bridgehead atoms. The Labute approximate surface area is 213 Å². The van der Waals surface area contributed by atoms with Crippen molar-refractivity contribution in [3.63, 3.8) is 0 Å². The predicted octanol–water partition coefficient (Wildman–Crippen LogP) is 8.06. The second kappa shape index (κ2) is 10.3. The number of rotatable bonds is 6. The average Bonchev–Trinajstić information content (AvgIpc) is 3.37. The summed E-state index contributed by atoms with van der Waals surface area (Å²) in [6.07, 6.45) is 1.74. The van der Waals surface area contributed by atoms with Crippen LogP contribution in [0.15, 0.2) is 108 Å². The Kier molecular flexibility index (Phi) is 6.84. The smallest absolute Gasteiger partial charge is 0.238 e. The summed E-state index contributed by atoms with van der Waals surface area (Å²) in [7, 11) is 0. The van der Waals surface area contributed by atoms with Crippen molar-refractivity contribution >= 4 is 32.6 Å². The van der Waals surface area contributed by atoms with Gasteiger partial charge in [0.05, 0.1) is 18.1 Å². The van der Waals surface area contributed by atoms with E-state index in [1.165, 1.54) is 0 Å². The number of carbonyl (C=O) groups is 1. The van der Waals surface area contributed by atoms with Gasteiger partial charge in [0.1, 0.15) is 4.83 Å². The fourth-order valence-electron chi connectivity index (χ4n) is 5.14. The highest BCUT2D eigenvalue weighted by Gasteiger charge is 2.42. The van der Waals surface area contributed by atoms with Crippen LogP contribution in [-0.2, 0) is 4.79 Å². The van der Waals surface area contributed by atoms with Gasteiger partial charge in [-0.3, -0.25) is 4.79 Å². The molecule has 0 N–H and O–H groups in total. The predicted molar refractivity (Wildman–Crippen MR) is 143 cm³/mol. The van der Waals surface area contributed by atoms with Crippen LogP contribution in [0.2, 0.25) is 0 Å². The van der Waals surface area contributed by atoms with Crippen molar-refractivity contribution in [1.29, 1.82) is 0 Å². The van der Waals surface area contributed by atoms with Crippen LogP contribution in [0.1, 0.15) is 47.7 Å². The van der Waals surface area contributed by atoms with Crippen molar-refractivity contribution in [3.05, 3.63) is 130 Å². The summed E-state index contributed by atoms with van der Waals surface area (Å²) in [5.41, 5.74) is 12.4. The third-order valence-electron chi connectivity index (χ3n) is 6.81. The number of hydrogen-bond donors (Lipinski definition) is 0. The van der Waals surface area contributed by atoms with Gasteiger partial charge in [-0.15, -0.1) is 0 Å². The zero-order valence-corrected chi connectivity index (χ0v) is 20.7. The van der Waals surface area contributed by atoms with Crippen molar-refractivity contribution < 1.29 is 4.79 Å². The van der Waals surface area contributed by atoms with Gasteiger partial charge in [0, 0.05) is 4.91 Å². The SMILES string of the molecule is [N-]=[N+]=N[C@H](c1ccc2ccccc2c1)[C@@H](Br)C(=O)N1[C@H](c2ccccc2)CC[C@H]1c1ccccc1. The highest BCUT2D eigenvalue weighted by Crippen LogP contribution is 2.46. The lowest BCUT2D eigenvalue weighted by molar-refractivity contribution is -0.134. The minimum atomic E-state index is -0.699. The summed E-state index contributed by atoms with van der Waals surface area (Å²) in [5.74, 6) is -0.0734. The molecule has 1 amide bonds. The minimum Gasteiger partial charge on any atom is -0.328 e. The molecule has 1 fully saturated rings. The highest BCUT2D eigenvalue weighted by molar-refractivity contribution is 9.10. The van der Waals surface area contributed by atoms with Crippen LogP contribution in [0.4, 0.5) is 0 Å². The highest BCUT2D eigenvalue weighted by atomic mass is 79.9. The van der Waals surface area contributed by atoms with Gasteiger partial charge >= 0.3 is 0 Å². The first-order valence-electron chi connectivity index (χ1n) is 11.8. The lowest BCUT2D eigenvalue weighted by Crippen LogP contribution is -2.40. The summed E-state index contributed by atoms with van der Waals surface area (Å²) in [6, 6.07) is 33.6. The molecule has 1 aliphatic rings. The number of amides is 1. The number of nitrogens with zero attached hydrogens (tertiary/aromatic N) is 4. The van der Waals surface area contributed by atoms with Gasteiger partial charge in [0.25, 0.3) is 0 Å². The van der Waals surface area contributed by atoms with Crippen molar-refractivity contribution in [2.24, 2.45) is 5.11 Å². The monoisotopic (exact) mass is 524 g/mol. The molecule has 0 aromatic heterocycles. The molecular weight excluding hydrogens is 500 g/mol. The van der Waals surface area contributed by atoms with Gasteiger partial charge in [-0.2, -0.15) is 0 Å². The maximum absolute atomic E-state index is 14.2. The van der Waals surface area contributed by atoms with Crippen molar-refractivity contribution in [3.8, 4) is 0 Å². The van der Waals surface area contributed by atoms with E-state index in [0.717, 1.165) is 40.3 Å². The van der Waals surface area contributed by atoms with E-state index in [2.05, 4.69) is 50.2 Å². The molecule has 4 aromatic carbocycles. The van der Waals surface area contributed by atoms with E-state index in [-0.39, 0.29) is 18.0 Å². The van der Waals surface area contributed by atoms with E-state index < -0.39 is 10.9 Å². The molecule has 174 valence electrons.